The van der Waals surface area contributed by atoms with Gasteiger partial charge in [-0.25, -0.2) is 0 Å². The van der Waals surface area contributed by atoms with E-state index < -0.39 is 0 Å². The van der Waals surface area contributed by atoms with Crippen LogP contribution in [0.15, 0.2) is 42.5 Å². The minimum Gasteiger partial charge on any atom is -0.492 e. The summed E-state index contributed by atoms with van der Waals surface area (Å²) in [6, 6.07) is 9.92. The molecule has 2 aliphatic rings. The highest BCUT2D eigenvalue weighted by Crippen LogP contribution is 2.21. The third-order valence-electron chi connectivity index (χ3n) is 4.69. The molecule has 0 bridgehead atoms. The molecule has 23 heavy (non-hydrogen) atoms. The van der Waals surface area contributed by atoms with Crippen LogP contribution < -0.4 is 4.74 Å². The molecule has 1 aromatic carbocycles. The van der Waals surface area contributed by atoms with Gasteiger partial charge in [-0.1, -0.05) is 30.4 Å². The van der Waals surface area contributed by atoms with Gasteiger partial charge in [0.15, 0.2) is 0 Å². The molecule has 4 heteroatoms. The maximum absolute atomic E-state index is 12.3. The minimum atomic E-state index is 0.321. The molecule has 1 atom stereocenters. The standard InChI is InChI=1S/C19H26N2O2/c22-19(16-17-6-4-5-7-17)21-12-10-20(11-13-21)14-15-23-18-8-2-1-3-9-18/h1-4,6,8-9,17H,5,7,10-16H2/t17-/m0/s1. The predicted molar refractivity (Wildman–Crippen MR) is 91.4 cm³/mol. The monoisotopic (exact) mass is 314 g/mol. The summed E-state index contributed by atoms with van der Waals surface area (Å²) in [5.74, 6) is 1.72. The zero-order valence-electron chi connectivity index (χ0n) is 13.7. The van der Waals surface area contributed by atoms with E-state index in [1.54, 1.807) is 0 Å². The van der Waals surface area contributed by atoms with Gasteiger partial charge in [0.1, 0.15) is 12.4 Å². The van der Waals surface area contributed by atoms with Crippen LogP contribution in [0.3, 0.4) is 0 Å². The van der Waals surface area contributed by atoms with E-state index in [0.717, 1.165) is 51.3 Å². The Morgan fingerprint density at radius 3 is 2.61 bits per heavy atom. The molecule has 1 aliphatic carbocycles. The number of hydrogen-bond acceptors (Lipinski definition) is 3. The number of nitrogens with zero attached hydrogens (tertiary/aromatic N) is 2. The molecule has 1 heterocycles. The second-order valence-electron chi connectivity index (χ2n) is 6.35. The van der Waals surface area contributed by atoms with Gasteiger partial charge < -0.3 is 9.64 Å². The van der Waals surface area contributed by atoms with E-state index in [4.69, 9.17) is 4.74 Å². The van der Waals surface area contributed by atoms with Crippen molar-refractivity contribution in [3.05, 3.63) is 42.5 Å². The average molecular weight is 314 g/mol. The molecule has 1 amide bonds. The van der Waals surface area contributed by atoms with E-state index in [1.807, 2.05) is 35.2 Å². The fourth-order valence-electron chi connectivity index (χ4n) is 3.25. The Balaban J connectivity index is 1.33. The van der Waals surface area contributed by atoms with Crippen LogP contribution in [0.1, 0.15) is 19.3 Å². The van der Waals surface area contributed by atoms with E-state index in [-0.39, 0.29) is 0 Å². The number of benzene rings is 1. The van der Waals surface area contributed by atoms with Gasteiger partial charge in [-0.3, -0.25) is 9.69 Å². The molecule has 0 N–H and O–H groups in total. The normalized spacial score (nSPS) is 21.6. The van der Waals surface area contributed by atoms with Crippen LogP contribution in [0.5, 0.6) is 5.75 Å². The first-order chi connectivity index (χ1) is 11.3. The van der Waals surface area contributed by atoms with Crippen LogP contribution in [0.25, 0.3) is 0 Å². The van der Waals surface area contributed by atoms with Gasteiger partial charge in [0.2, 0.25) is 5.91 Å². The maximum atomic E-state index is 12.3. The van der Waals surface area contributed by atoms with Gasteiger partial charge in [-0.05, 0) is 30.9 Å². The van der Waals surface area contributed by atoms with Crippen molar-refractivity contribution < 1.29 is 9.53 Å². The zero-order chi connectivity index (χ0) is 15.9. The molecule has 0 unspecified atom stereocenters. The predicted octanol–water partition coefficient (Wildman–Crippen LogP) is 2.57. The molecule has 3 rings (SSSR count). The number of allylic oxidation sites excluding steroid dienone is 2. The van der Waals surface area contributed by atoms with Crippen LogP contribution in [0, 0.1) is 5.92 Å². The Hall–Kier alpha value is -1.81. The maximum Gasteiger partial charge on any atom is 0.223 e. The molecule has 124 valence electrons. The lowest BCUT2D eigenvalue weighted by atomic mass is 10.0. The molecule has 1 aromatic rings. The minimum absolute atomic E-state index is 0.321. The van der Waals surface area contributed by atoms with Crippen LogP contribution in [-0.2, 0) is 4.79 Å². The fourth-order valence-corrected chi connectivity index (χ4v) is 3.25. The SMILES string of the molecule is O=C(C[C@H]1C=CCC1)N1CCN(CCOc2ccccc2)CC1. The van der Waals surface area contributed by atoms with Crippen molar-refractivity contribution in [2.24, 2.45) is 5.92 Å². The summed E-state index contributed by atoms with van der Waals surface area (Å²) >= 11 is 0. The Bertz CT molecular complexity index is 521. The second-order valence-corrected chi connectivity index (χ2v) is 6.35. The summed E-state index contributed by atoms with van der Waals surface area (Å²) in [4.78, 5) is 16.7. The highest BCUT2D eigenvalue weighted by molar-refractivity contribution is 5.76. The molecule has 0 aromatic heterocycles. The van der Waals surface area contributed by atoms with E-state index in [1.165, 1.54) is 0 Å². The van der Waals surface area contributed by atoms with Crippen molar-refractivity contribution in [3.63, 3.8) is 0 Å². The topological polar surface area (TPSA) is 32.8 Å². The highest BCUT2D eigenvalue weighted by atomic mass is 16.5. The lowest BCUT2D eigenvalue weighted by molar-refractivity contribution is -0.133. The number of hydrogen-bond donors (Lipinski definition) is 0. The van der Waals surface area contributed by atoms with Crippen LogP contribution in [0.2, 0.25) is 0 Å². The Kier molecular flexibility index (Phi) is 5.70. The molecule has 4 nitrogen and oxygen atoms in total. The smallest absolute Gasteiger partial charge is 0.223 e. The first-order valence-electron chi connectivity index (χ1n) is 8.66. The summed E-state index contributed by atoms with van der Waals surface area (Å²) in [5, 5.41) is 0. The van der Waals surface area contributed by atoms with Gasteiger partial charge in [-0.2, -0.15) is 0 Å². The summed E-state index contributed by atoms with van der Waals surface area (Å²) in [5.41, 5.74) is 0. The molecular weight excluding hydrogens is 288 g/mol. The van der Waals surface area contributed by atoms with E-state index >= 15 is 0 Å². The Labute approximate surface area is 138 Å². The van der Waals surface area contributed by atoms with Gasteiger partial charge in [0, 0.05) is 39.1 Å². The third-order valence-corrected chi connectivity index (χ3v) is 4.69. The molecular formula is C19H26N2O2. The number of ether oxygens (including phenoxy) is 1. The lowest BCUT2D eigenvalue weighted by Crippen LogP contribution is -2.49. The molecule has 0 radical (unpaired) electrons. The van der Waals surface area contributed by atoms with Crippen molar-refractivity contribution in [2.45, 2.75) is 19.3 Å². The average Bonchev–Trinajstić information content (AvgIpc) is 3.09. The van der Waals surface area contributed by atoms with Gasteiger partial charge in [-0.15, -0.1) is 0 Å². The summed E-state index contributed by atoms with van der Waals surface area (Å²) in [6.07, 6.45) is 7.36. The molecule has 1 saturated heterocycles. The van der Waals surface area contributed by atoms with Gasteiger partial charge >= 0.3 is 0 Å². The Morgan fingerprint density at radius 2 is 1.91 bits per heavy atom. The van der Waals surface area contributed by atoms with Crippen LogP contribution >= 0.6 is 0 Å². The van der Waals surface area contributed by atoms with Gasteiger partial charge in [0.05, 0.1) is 0 Å². The first kappa shape index (κ1) is 16.1. The number of amides is 1. The van der Waals surface area contributed by atoms with Crippen molar-refractivity contribution in [1.29, 1.82) is 0 Å². The quantitative estimate of drug-likeness (QED) is 0.757. The van der Waals surface area contributed by atoms with Gasteiger partial charge in [0.25, 0.3) is 0 Å². The molecule has 1 aliphatic heterocycles. The zero-order valence-corrected chi connectivity index (χ0v) is 13.7. The van der Waals surface area contributed by atoms with Crippen molar-refractivity contribution in [2.75, 3.05) is 39.3 Å². The number of rotatable bonds is 6. The molecule has 1 fully saturated rings. The van der Waals surface area contributed by atoms with E-state index in [9.17, 15) is 4.79 Å². The van der Waals surface area contributed by atoms with E-state index in [2.05, 4.69) is 17.1 Å². The largest absolute Gasteiger partial charge is 0.492 e. The van der Waals surface area contributed by atoms with Crippen molar-refractivity contribution in [3.8, 4) is 5.75 Å². The lowest BCUT2D eigenvalue weighted by Gasteiger charge is -2.35. The first-order valence-corrected chi connectivity index (χ1v) is 8.66. The van der Waals surface area contributed by atoms with E-state index in [0.29, 0.717) is 24.9 Å². The number of carbonyl (C=O) groups excluding carboxylic acids is 1. The summed E-state index contributed by atoms with van der Waals surface area (Å²) in [6.45, 7) is 5.21. The molecule has 0 spiro atoms. The fraction of sp³-hybridized carbons (Fsp3) is 0.526. The number of carbonyl (C=O) groups is 1. The second kappa shape index (κ2) is 8.16. The molecule has 0 saturated carbocycles. The summed E-state index contributed by atoms with van der Waals surface area (Å²) < 4.78 is 5.74. The highest BCUT2D eigenvalue weighted by Gasteiger charge is 2.23. The van der Waals surface area contributed by atoms with Crippen LogP contribution in [0.4, 0.5) is 0 Å². The third kappa shape index (κ3) is 4.83. The van der Waals surface area contributed by atoms with Crippen molar-refractivity contribution >= 4 is 5.91 Å². The van der Waals surface area contributed by atoms with Crippen LogP contribution in [-0.4, -0.2) is 55.0 Å². The number of para-hydroxylation sites is 1. The Morgan fingerprint density at radius 1 is 1.13 bits per heavy atom. The summed E-state index contributed by atoms with van der Waals surface area (Å²) in [7, 11) is 0. The van der Waals surface area contributed by atoms with Crippen molar-refractivity contribution in [1.82, 2.24) is 9.80 Å². The number of piperazine rings is 1.